The molecule has 0 saturated carbocycles. The highest BCUT2D eigenvalue weighted by molar-refractivity contribution is 14.0. The molecule has 1 aromatic heterocycles. The van der Waals surface area contributed by atoms with Crippen molar-refractivity contribution in [2.75, 3.05) is 20.6 Å². The Hall–Kier alpha value is -2.10. The van der Waals surface area contributed by atoms with E-state index in [1.54, 1.807) is 23.7 Å². The number of aliphatic imine (C=N–C) groups is 1. The zero-order valence-corrected chi connectivity index (χ0v) is 19.6. The smallest absolute Gasteiger partial charge is 0.241 e. The third kappa shape index (κ3) is 7.14. The SMILES string of the molecule is CCC(C)NC(=NCc1cn(C)nc1-c1ccccc1)NCC(=O)N(C)C.I. The normalized spacial score (nSPS) is 12.1. The molecule has 7 nitrogen and oxygen atoms in total. The number of halogens is 1. The third-order valence-corrected chi connectivity index (χ3v) is 4.26. The van der Waals surface area contributed by atoms with E-state index in [1.807, 2.05) is 43.6 Å². The predicted octanol–water partition coefficient (Wildman–Crippen LogP) is 2.63. The van der Waals surface area contributed by atoms with Crippen LogP contribution >= 0.6 is 24.0 Å². The number of aromatic nitrogens is 2. The van der Waals surface area contributed by atoms with Crippen LogP contribution in [0.2, 0.25) is 0 Å². The fourth-order valence-electron chi connectivity index (χ4n) is 2.46. The summed E-state index contributed by atoms with van der Waals surface area (Å²) in [5.74, 6) is 0.627. The van der Waals surface area contributed by atoms with Gasteiger partial charge in [0.1, 0.15) is 0 Å². The van der Waals surface area contributed by atoms with Crippen LogP contribution in [0, 0.1) is 0 Å². The van der Waals surface area contributed by atoms with E-state index in [9.17, 15) is 4.79 Å². The molecule has 1 amide bonds. The van der Waals surface area contributed by atoms with E-state index in [-0.39, 0.29) is 42.5 Å². The molecule has 2 N–H and O–H groups in total. The lowest BCUT2D eigenvalue weighted by Crippen LogP contribution is -2.45. The molecule has 2 rings (SSSR count). The molecular formula is C20H31IN6O. The molecule has 0 aliphatic carbocycles. The molecular weight excluding hydrogens is 467 g/mol. The topological polar surface area (TPSA) is 74.5 Å². The number of aryl methyl sites for hydroxylation is 1. The molecule has 0 fully saturated rings. The molecule has 1 heterocycles. The summed E-state index contributed by atoms with van der Waals surface area (Å²) in [5.41, 5.74) is 3.03. The van der Waals surface area contributed by atoms with Crippen LogP contribution in [0.1, 0.15) is 25.8 Å². The Morgan fingerprint density at radius 1 is 1.29 bits per heavy atom. The van der Waals surface area contributed by atoms with Crippen LogP contribution in [0.5, 0.6) is 0 Å². The number of hydrogen-bond donors (Lipinski definition) is 2. The first-order valence-electron chi connectivity index (χ1n) is 9.23. The Kier molecular flexibility index (Phi) is 9.98. The van der Waals surface area contributed by atoms with Crippen molar-refractivity contribution in [2.24, 2.45) is 12.0 Å². The minimum absolute atomic E-state index is 0. The first kappa shape index (κ1) is 23.9. The molecule has 28 heavy (non-hydrogen) atoms. The van der Waals surface area contributed by atoms with Gasteiger partial charge in [0.25, 0.3) is 0 Å². The van der Waals surface area contributed by atoms with Crippen LogP contribution in [-0.2, 0) is 18.4 Å². The van der Waals surface area contributed by atoms with Gasteiger partial charge in [-0.3, -0.25) is 9.48 Å². The minimum atomic E-state index is 0. The van der Waals surface area contributed by atoms with Crippen molar-refractivity contribution in [3.05, 3.63) is 42.1 Å². The number of nitrogens with one attached hydrogen (secondary N) is 2. The average Bonchev–Trinajstić information content (AvgIpc) is 3.04. The van der Waals surface area contributed by atoms with E-state index in [4.69, 9.17) is 0 Å². The number of carbonyl (C=O) groups is 1. The summed E-state index contributed by atoms with van der Waals surface area (Å²) < 4.78 is 1.80. The van der Waals surface area contributed by atoms with Crippen LogP contribution in [-0.4, -0.2) is 53.2 Å². The molecule has 0 radical (unpaired) electrons. The van der Waals surface area contributed by atoms with Gasteiger partial charge in [-0.2, -0.15) is 5.10 Å². The van der Waals surface area contributed by atoms with E-state index in [2.05, 4.69) is 34.6 Å². The number of amides is 1. The highest BCUT2D eigenvalue weighted by atomic mass is 127. The van der Waals surface area contributed by atoms with Gasteiger partial charge in [0.15, 0.2) is 5.96 Å². The van der Waals surface area contributed by atoms with Gasteiger partial charge in [-0.05, 0) is 13.3 Å². The lowest BCUT2D eigenvalue weighted by atomic mass is 10.1. The Bertz CT molecular complexity index is 772. The summed E-state index contributed by atoms with van der Waals surface area (Å²) in [6.07, 6.45) is 2.95. The number of carbonyl (C=O) groups excluding carboxylic acids is 1. The second kappa shape index (κ2) is 11.7. The maximum absolute atomic E-state index is 11.9. The summed E-state index contributed by atoms with van der Waals surface area (Å²) in [6.45, 7) is 4.87. The standard InChI is InChI=1S/C20H30N6O.HI/c1-6-15(2)23-20(22-13-18(27)25(3)4)21-12-17-14-26(5)24-19(17)16-10-8-7-9-11-16;/h7-11,14-15H,6,12-13H2,1-5H3,(H2,21,22,23);1H. The molecule has 0 aliphatic heterocycles. The molecule has 1 atom stereocenters. The number of benzene rings is 1. The molecule has 8 heteroatoms. The lowest BCUT2D eigenvalue weighted by molar-refractivity contribution is -0.127. The van der Waals surface area contributed by atoms with Crippen LogP contribution in [0.4, 0.5) is 0 Å². The summed E-state index contributed by atoms with van der Waals surface area (Å²) in [4.78, 5) is 18.1. The molecule has 0 saturated heterocycles. The van der Waals surface area contributed by atoms with Crippen molar-refractivity contribution in [1.29, 1.82) is 0 Å². The van der Waals surface area contributed by atoms with Gasteiger partial charge in [-0.15, -0.1) is 24.0 Å². The maximum Gasteiger partial charge on any atom is 0.241 e. The third-order valence-electron chi connectivity index (χ3n) is 4.26. The molecule has 154 valence electrons. The van der Waals surface area contributed by atoms with Crippen molar-refractivity contribution in [3.63, 3.8) is 0 Å². The Balaban J connectivity index is 0.00000392. The fraction of sp³-hybridized carbons (Fsp3) is 0.450. The van der Waals surface area contributed by atoms with Gasteiger partial charge in [-0.1, -0.05) is 37.3 Å². The zero-order chi connectivity index (χ0) is 19.8. The van der Waals surface area contributed by atoms with Gasteiger partial charge in [-0.25, -0.2) is 4.99 Å². The summed E-state index contributed by atoms with van der Waals surface area (Å²) in [7, 11) is 5.39. The monoisotopic (exact) mass is 498 g/mol. The highest BCUT2D eigenvalue weighted by Gasteiger charge is 2.12. The fourth-order valence-corrected chi connectivity index (χ4v) is 2.46. The largest absolute Gasteiger partial charge is 0.354 e. The highest BCUT2D eigenvalue weighted by Crippen LogP contribution is 2.22. The summed E-state index contributed by atoms with van der Waals surface area (Å²) in [5, 5.41) is 11.0. The zero-order valence-electron chi connectivity index (χ0n) is 17.3. The maximum atomic E-state index is 11.9. The van der Waals surface area contributed by atoms with Crippen molar-refractivity contribution >= 4 is 35.8 Å². The second-order valence-corrected chi connectivity index (χ2v) is 6.80. The van der Waals surface area contributed by atoms with Crippen molar-refractivity contribution < 1.29 is 4.79 Å². The van der Waals surface area contributed by atoms with Gasteiger partial charge >= 0.3 is 0 Å². The van der Waals surface area contributed by atoms with E-state index in [1.165, 1.54) is 0 Å². The number of hydrogen-bond acceptors (Lipinski definition) is 3. The van der Waals surface area contributed by atoms with Crippen molar-refractivity contribution in [2.45, 2.75) is 32.9 Å². The first-order valence-corrected chi connectivity index (χ1v) is 9.23. The number of likely N-dealkylation sites (N-methyl/N-ethyl adjacent to an activating group) is 1. The van der Waals surface area contributed by atoms with Crippen LogP contribution in [0.25, 0.3) is 11.3 Å². The van der Waals surface area contributed by atoms with Crippen LogP contribution in [0.3, 0.4) is 0 Å². The Morgan fingerprint density at radius 2 is 1.96 bits per heavy atom. The van der Waals surface area contributed by atoms with E-state index >= 15 is 0 Å². The molecule has 0 spiro atoms. The van der Waals surface area contributed by atoms with Crippen LogP contribution < -0.4 is 10.6 Å². The van der Waals surface area contributed by atoms with Crippen molar-refractivity contribution in [3.8, 4) is 11.3 Å². The van der Waals surface area contributed by atoms with Crippen molar-refractivity contribution in [1.82, 2.24) is 25.3 Å². The van der Waals surface area contributed by atoms with Gasteiger partial charge in [0.2, 0.25) is 5.91 Å². The predicted molar refractivity (Wildman–Crippen MR) is 125 cm³/mol. The van der Waals surface area contributed by atoms with Crippen LogP contribution in [0.15, 0.2) is 41.5 Å². The first-order chi connectivity index (χ1) is 12.9. The summed E-state index contributed by atoms with van der Waals surface area (Å²) in [6, 6.07) is 10.3. The van der Waals surface area contributed by atoms with E-state index < -0.39 is 0 Å². The molecule has 2 aromatic rings. The van der Waals surface area contributed by atoms with E-state index in [0.717, 1.165) is 23.2 Å². The van der Waals surface area contributed by atoms with E-state index in [0.29, 0.717) is 12.5 Å². The molecule has 0 aliphatic rings. The quantitative estimate of drug-likeness (QED) is 0.350. The van der Waals surface area contributed by atoms with Gasteiger partial charge < -0.3 is 15.5 Å². The van der Waals surface area contributed by atoms with Gasteiger partial charge in [0, 0.05) is 44.5 Å². The molecule has 1 aromatic carbocycles. The molecule has 0 bridgehead atoms. The number of guanidine groups is 1. The number of rotatable bonds is 7. The number of nitrogens with zero attached hydrogens (tertiary/aromatic N) is 4. The Labute approximate surface area is 184 Å². The lowest BCUT2D eigenvalue weighted by Gasteiger charge is -2.18. The van der Waals surface area contributed by atoms with Gasteiger partial charge in [0.05, 0.1) is 18.8 Å². The summed E-state index contributed by atoms with van der Waals surface area (Å²) >= 11 is 0. The average molecular weight is 498 g/mol. The molecule has 1 unspecified atom stereocenters. The second-order valence-electron chi connectivity index (χ2n) is 6.80. The minimum Gasteiger partial charge on any atom is -0.354 e. The Morgan fingerprint density at radius 3 is 2.57 bits per heavy atom.